The first kappa shape index (κ1) is 14.4. The Labute approximate surface area is 120 Å². The molecule has 0 fully saturated rings. The van der Waals surface area contributed by atoms with Gasteiger partial charge in [0.2, 0.25) is 0 Å². The van der Waals surface area contributed by atoms with Crippen molar-refractivity contribution in [1.82, 2.24) is 4.98 Å². The number of hydrogen-bond acceptors (Lipinski definition) is 3. The van der Waals surface area contributed by atoms with E-state index in [1.807, 2.05) is 45.2 Å². The number of rotatable bonds is 5. The lowest BCUT2D eigenvalue weighted by molar-refractivity contribution is 0.319. The molecular formula is C17H21NO2. The Hall–Kier alpha value is -2.03. The van der Waals surface area contributed by atoms with Gasteiger partial charge in [0.1, 0.15) is 11.5 Å². The maximum atomic E-state index is 5.83. The van der Waals surface area contributed by atoms with Crippen molar-refractivity contribution in [2.75, 3.05) is 13.2 Å². The van der Waals surface area contributed by atoms with E-state index in [4.69, 9.17) is 9.47 Å². The molecule has 0 atom stereocenters. The van der Waals surface area contributed by atoms with Gasteiger partial charge in [-0.15, -0.1) is 0 Å². The third kappa shape index (κ3) is 2.93. The third-order valence-electron chi connectivity index (χ3n) is 3.14. The van der Waals surface area contributed by atoms with Crippen LogP contribution in [0, 0.1) is 13.8 Å². The Kier molecular flexibility index (Phi) is 4.61. The number of ether oxygens (including phenoxy) is 2. The minimum absolute atomic E-state index is 0.620. The highest BCUT2D eigenvalue weighted by Gasteiger charge is 2.14. The van der Waals surface area contributed by atoms with Gasteiger partial charge in [0.05, 0.1) is 18.9 Å². The smallest absolute Gasteiger partial charge is 0.135 e. The fourth-order valence-corrected chi connectivity index (χ4v) is 2.20. The van der Waals surface area contributed by atoms with Crippen LogP contribution in [-0.4, -0.2) is 18.2 Å². The van der Waals surface area contributed by atoms with Gasteiger partial charge in [-0.25, -0.2) is 0 Å². The third-order valence-corrected chi connectivity index (χ3v) is 3.14. The van der Waals surface area contributed by atoms with Gasteiger partial charge in [-0.05, 0) is 57.5 Å². The Morgan fingerprint density at radius 2 is 1.75 bits per heavy atom. The summed E-state index contributed by atoms with van der Waals surface area (Å²) in [6.07, 6.45) is 1.83. The maximum Gasteiger partial charge on any atom is 0.135 e. The average Bonchev–Trinajstić information content (AvgIpc) is 2.44. The van der Waals surface area contributed by atoms with Crippen LogP contribution in [0.2, 0.25) is 0 Å². The molecule has 0 spiro atoms. The van der Waals surface area contributed by atoms with Gasteiger partial charge in [0.25, 0.3) is 0 Å². The van der Waals surface area contributed by atoms with Crippen LogP contribution in [0.3, 0.4) is 0 Å². The summed E-state index contributed by atoms with van der Waals surface area (Å²) in [5.74, 6) is 1.73. The number of aromatic nitrogens is 1. The molecule has 0 saturated carbocycles. The minimum Gasteiger partial charge on any atom is -0.493 e. The van der Waals surface area contributed by atoms with E-state index in [1.165, 1.54) is 5.56 Å². The van der Waals surface area contributed by atoms with Crippen LogP contribution in [-0.2, 0) is 0 Å². The van der Waals surface area contributed by atoms with Gasteiger partial charge < -0.3 is 9.47 Å². The van der Waals surface area contributed by atoms with E-state index >= 15 is 0 Å². The van der Waals surface area contributed by atoms with Crippen LogP contribution < -0.4 is 9.47 Å². The van der Waals surface area contributed by atoms with Gasteiger partial charge in [-0.2, -0.15) is 0 Å². The summed E-state index contributed by atoms with van der Waals surface area (Å²) in [5, 5.41) is 0. The van der Waals surface area contributed by atoms with Crippen molar-refractivity contribution in [3.8, 4) is 22.8 Å². The Morgan fingerprint density at radius 3 is 2.40 bits per heavy atom. The van der Waals surface area contributed by atoms with E-state index in [0.717, 1.165) is 28.3 Å². The molecule has 1 aromatic heterocycles. The SMILES string of the molecule is CCOc1ccc(-c2cc(C)ccn2)c(OCC)c1C. The van der Waals surface area contributed by atoms with E-state index in [2.05, 4.69) is 18.0 Å². The van der Waals surface area contributed by atoms with E-state index in [0.29, 0.717) is 13.2 Å². The molecule has 3 heteroatoms. The van der Waals surface area contributed by atoms with Gasteiger partial charge in [-0.1, -0.05) is 0 Å². The predicted molar refractivity (Wildman–Crippen MR) is 81.5 cm³/mol. The quantitative estimate of drug-likeness (QED) is 0.818. The van der Waals surface area contributed by atoms with E-state index in [9.17, 15) is 0 Å². The molecule has 1 heterocycles. The molecule has 0 aliphatic heterocycles. The zero-order valence-electron chi connectivity index (χ0n) is 12.6. The highest BCUT2D eigenvalue weighted by molar-refractivity contribution is 5.71. The molecule has 1 aromatic carbocycles. The largest absolute Gasteiger partial charge is 0.493 e. The molecule has 0 amide bonds. The standard InChI is InChI=1S/C17H21NO2/c1-5-19-16-8-7-14(17(13(16)4)20-6-2)15-11-12(3)9-10-18-15/h7-11H,5-6H2,1-4H3. The van der Waals surface area contributed by atoms with Crippen molar-refractivity contribution in [2.24, 2.45) is 0 Å². The van der Waals surface area contributed by atoms with Crippen LogP contribution >= 0.6 is 0 Å². The topological polar surface area (TPSA) is 31.4 Å². The van der Waals surface area contributed by atoms with Crippen LogP contribution in [0.25, 0.3) is 11.3 Å². The molecule has 0 radical (unpaired) electrons. The van der Waals surface area contributed by atoms with Gasteiger partial charge >= 0.3 is 0 Å². The molecule has 2 rings (SSSR count). The minimum atomic E-state index is 0.620. The van der Waals surface area contributed by atoms with Crippen LogP contribution in [0.1, 0.15) is 25.0 Å². The summed E-state index contributed by atoms with van der Waals surface area (Å²) in [7, 11) is 0. The number of aryl methyl sites for hydroxylation is 1. The van der Waals surface area contributed by atoms with Gasteiger partial charge in [-0.3, -0.25) is 4.98 Å². The summed E-state index contributed by atoms with van der Waals surface area (Å²) in [5.41, 5.74) is 4.15. The summed E-state index contributed by atoms with van der Waals surface area (Å²) >= 11 is 0. The van der Waals surface area contributed by atoms with Gasteiger partial charge in [0, 0.05) is 17.3 Å². The molecule has 106 valence electrons. The molecule has 0 aliphatic rings. The van der Waals surface area contributed by atoms with Crippen molar-refractivity contribution in [2.45, 2.75) is 27.7 Å². The number of benzene rings is 1. The van der Waals surface area contributed by atoms with Crippen LogP contribution in [0.5, 0.6) is 11.5 Å². The average molecular weight is 271 g/mol. The summed E-state index contributed by atoms with van der Waals surface area (Å²) in [4.78, 5) is 4.45. The number of hydrogen-bond donors (Lipinski definition) is 0. The summed E-state index contributed by atoms with van der Waals surface area (Å²) in [6, 6.07) is 8.06. The van der Waals surface area contributed by atoms with Crippen molar-refractivity contribution in [1.29, 1.82) is 0 Å². The summed E-state index contributed by atoms with van der Waals surface area (Å²) < 4.78 is 11.5. The molecule has 0 N–H and O–H groups in total. The van der Waals surface area contributed by atoms with E-state index < -0.39 is 0 Å². The lowest BCUT2D eigenvalue weighted by atomic mass is 10.0. The zero-order valence-corrected chi connectivity index (χ0v) is 12.6. The fraction of sp³-hybridized carbons (Fsp3) is 0.353. The maximum absolute atomic E-state index is 5.83. The first-order chi connectivity index (χ1) is 9.67. The first-order valence-corrected chi connectivity index (χ1v) is 6.99. The number of pyridine rings is 1. The molecule has 0 bridgehead atoms. The van der Waals surface area contributed by atoms with E-state index in [1.54, 1.807) is 0 Å². The van der Waals surface area contributed by atoms with Crippen molar-refractivity contribution >= 4 is 0 Å². The molecule has 0 unspecified atom stereocenters. The second kappa shape index (κ2) is 6.42. The first-order valence-electron chi connectivity index (χ1n) is 6.99. The molecule has 2 aromatic rings. The normalized spacial score (nSPS) is 10.4. The molecular weight excluding hydrogens is 250 g/mol. The zero-order chi connectivity index (χ0) is 14.5. The lowest BCUT2D eigenvalue weighted by Crippen LogP contribution is -2.01. The van der Waals surface area contributed by atoms with Crippen molar-refractivity contribution in [3.63, 3.8) is 0 Å². The molecule has 0 aliphatic carbocycles. The fourth-order valence-electron chi connectivity index (χ4n) is 2.20. The number of nitrogens with zero attached hydrogens (tertiary/aromatic N) is 1. The molecule has 3 nitrogen and oxygen atoms in total. The highest BCUT2D eigenvalue weighted by atomic mass is 16.5. The van der Waals surface area contributed by atoms with Crippen LogP contribution in [0.15, 0.2) is 30.5 Å². The lowest BCUT2D eigenvalue weighted by Gasteiger charge is -2.16. The van der Waals surface area contributed by atoms with E-state index in [-0.39, 0.29) is 0 Å². The predicted octanol–water partition coefficient (Wildman–Crippen LogP) is 4.16. The monoisotopic (exact) mass is 271 g/mol. The molecule has 0 saturated heterocycles. The van der Waals surface area contributed by atoms with Gasteiger partial charge in [0.15, 0.2) is 0 Å². The summed E-state index contributed by atoms with van der Waals surface area (Å²) in [6.45, 7) is 9.32. The van der Waals surface area contributed by atoms with Crippen LogP contribution in [0.4, 0.5) is 0 Å². The van der Waals surface area contributed by atoms with Crippen molar-refractivity contribution < 1.29 is 9.47 Å². The second-order valence-electron chi connectivity index (χ2n) is 4.65. The second-order valence-corrected chi connectivity index (χ2v) is 4.65. The highest BCUT2D eigenvalue weighted by Crippen LogP contribution is 2.37. The van der Waals surface area contributed by atoms with Crippen molar-refractivity contribution in [3.05, 3.63) is 41.6 Å². The Morgan fingerprint density at radius 1 is 1.00 bits per heavy atom. The Balaban J connectivity index is 2.55. The Bertz CT molecular complexity index is 594. The molecule has 20 heavy (non-hydrogen) atoms.